The van der Waals surface area contributed by atoms with Crippen molar-refractivity contribution in [1.29, 1.82) is 0 Å². The molecule has 1 aromatic carbocycles. The third-order valence-electron chi connectivity index (χ3n) is 3.52. The Hall–Kier alpha value is -1.03. The first kappa shape index (κ1) is 14.4. The number of rotatable bonds is 5. The average molecular weight is 326 g/mol. The first-order valence-corrected chi connectivity index (χ1v) is 7.88. The van der Waals surface area contributed by atoms with Crippen LogP contribution in [-0.4, -0.2) is 23.9 Å². The summed E-state index contributed by atoms with van der Waals surface area (Å²) in [5, 5.41) is 1.01. The Kier molecular flexibility index (Phi) is 4.86. The zero-order chi connectivity index (χ0) is 13.8. The summed E-state index contributed by atoms with van der Waals surface area (Å²) in [4.78, 5) is 14.1. The minimum Gasteiger partial charge on any atom is -0.479 e. The largest absolute Gasteiger partial charge is 0.479 e. The molecule has 2 unspecified atom stereocenters. The molecular formula is C15H20BrNO2. The van der Waals surface area contributed by atoms with E-state index < -0.39 is 0 Å². The van der Waals surface area contributed by atoms with E-state index in [1.165, 1.54) is 0 Å². The fourth-order valence-corrected chi connectivity index (χ4v) is 3.05. The Morgan fingerprint density at radius 3 is 2.84 bits per heavy atom. The highest BCUT2D eigenvalue weighted by Gasteiger charge is 2.30. The summed E-state index contributed by atoms with van der Waals surface area (Å²) in [5.74, 6) is 1.48. The summed E-state index contributed by atoms with van der Waals surface area (Å²) in [5.41, 5.74) is 0.900. The molecule has 0 fully saturated rings. The summed E-state index contributed by atoms with van der Waals surface area (Å²) < 4.78 is 5.63. The van der Waals surface area contributed by atoms with E-state index >= 15 is 0 Å². The van der Waals surface area contributed by atoms with Crippen LogP contribution < -0.4 is 9.64 Å². The number of halogens is 1. The molecule has 0 aliphatic carbocycles. The summed E-state index contributed by atoms with van der Waals surface area (Å²) in [6, 6.07) is 7.76. The van der Waals surface area contributed by atoms with Gasteiger partial charge in [0, 0.05) is 11.9 Å². The van der Waals surface area contributed by atoms with Gasteiger partial charge in [0.1, 0.15) is 5.75 Å². The van der Waals surface area contributed by atoms with Crippen LogP contribution in [0.4, 0.5) is 5.69 Å². The third kappa shape index (κ3) is 3.30. The standard InChI is InChI=1S/C15H20BrNO2/c1-11(7-9-16)8-10-17-13-5-3-4-6-14(13)19-12(2)15(17)18/h3-6,11-12H,7-10H2,1-2H3. The number of fused-ring (bicyclic) bond motifs is 1. The molecule has 1 aliphatic heterocycles. The SMILES string of the molecule is CC(CCBr)CCN1C(=O)C(C)Oc2ccccc21. The molecule has 1 aromatic rings. The minimum atomic E-state index is -0.388. The van der Waals surface area contributed by atoms with E-state index in [2.05, 4.69) is 22.9 Å². The van der Waals surface area contributed by atoms with E-state index in [-0.39, 0.29) is 12.0 Å². The number of hydrogen-bond acceptors (Lipinski definition) is 2. The zero-order valence-corrected chi connectivity index (χ0v) is 13.0. The van der Waals surface area contributed by atoms with Crippen LogP contribution in [-0.2, 0) is 4.79 Å². The van der Waals surface area contributed by atoms with Gasteiger partial charge in [0.15, 0.2) is 6.10 Å². The number of amides is 1. The van der Waals surface area contributed by atoms with Crippen LogP contribution in [0.5, 0.6) is 5.75 Å². The van der Waals surface area contributed by atoms with E-state index in [1.807, 2.05) is 36.1 Å². The van der Waals surface area contributed by atoms with Crippen molar-refractivity contribution in [2.24, 2.45) is 5.92 Å². The molecule has 0 radical (unpaired) electrons. The lowest BCUT2D eigenvalue weighted by Gasteiger charge is -2.33. The van der Waals surface area contributed by atoms with Crippen LogP contribution in [0.25, 0.3) is 0 Å². The lowest BCUT2D eigenvalue weighted by Crippen LogP contribution is -2.45. The van der Waals surface area contributed by atoms with Crippen LogP contribution in [0.1, 0.15) is 26.7 Å². The van der Waals surface area contributed by atoms with Gasteiger partial charge in [0.05, 0.1) is 5.69 Å². The maximum absolute atomic E-state index is 12.3. The van der Waals surface area contributed by atoms with Gasteiger partial charge < -0.3 is 9.64 Å². The first-order chi connectivity index (χ1) is 9.13. The van der Waals surface area contributed by atoms with Crippen molar-refractivity contribution in [1.82, 2.24) is 0 Å². The molecular weight excluding hydrogens is 306 g/mol. The molecule has 1 aliphatic rings. The van der Waals surface area contributed by atoms with Gasteiger partial charge in [-0.15, -0.1) is 0 Å². The Morgan fingerprint density at radius 1 is 1.37 bits per heavy atom. The molecule has 0 saturated carbocycles. The number of nitrogens with zero attached hydrogens (tertiary/aromatic N) is 1. The quantitative estimate of drug-likeness (QED) is 0.774. The van der Waals surface area contributed by atoms with Crippen LogP contribution in [0, 0.1) is 5.92 Å². The van der Waals surface area contributed by atoms with E-state index in [4.69, 9.17) is 4.74 Å². The van der Waals surface area contributed by atoms with Gasteiger partial charge >= 0.3 is 0 Å². The maximum atomic E-state index is 12.3. The summed E-state index contributed by atoms with van der Waals surface area (Å²) in [7, 11) is 0. The molecule has 19 heavy (non-hydrogen) atoms. The van der Waals surface area contributed by atoms with Crippen molar-refractivity contribution in [2.45, 2.75) is 32.8 Å². The van der Waals surface area contributed by atoms with Gasteiger partial charge in [0.2, 0.25) is 0 Å². The molecule has 0 spiro atoms. The van der Waals surface area contributed by atoms with Crippen LogP contribution >= 0.6 is 15.9 Å². The Labute approximate surface area is 123 Å². The van der Waals surface area contributed by atoms with Gasteiger partial charge in [-0.2, -0.15) is 0 Å². The predicted octanol–water partition coefficient (Wildman–Crippen LogP) is 3.61. The molecule has 104 valence electrons. The smallest absolute Gasteiger partial charge is 0.267 e. The minimum absolute atomic E-state index is 0.0599. The monoisotopic (exact) mass is 325 g/mol. The fraction of sp³-hybridized carbons (Fsp3) is 0.533. The van der Waals surface area contributed by atoms with Crippen molar-refractivity contribution in [3.05, 3.63) is 24.3 Å². The Balaban J connectivity index is 2.12. The fourth-order valence-electron chi connectivity index (χ4n) is 2.27. The van der Waals surface area contributed by atoms with E-state index in [0.29, 0.717) is 5.92 Å². The predicted molar refractivity (Wildman–Crippen MR) is 81.1 cm³/mol. The molecule has 3 nitrogen and oxygen atoms in total. The second kappa shape index (κ2) is 6.42. The number of hydrogen-bond donors (Lipinski definition) is 0. The zero-order valence-electron chi connectivity index (χ0n) is 11.4. The number of ether oxygens (including phenoxy) is 1. The van der Waals surface area contributed by atoms with Crippen LogP contribution in [0.2, 0.25) is 0 Å². The van der Waals surface area contributed by atoms with E-state index in [0.717, 1.165) is 36.2 Å². The summed E-state index contributed by atoms with van der Waals surface area (Å²) in [6.45, 7) is 4.80. The van der Waals surface area contributed by atoms with Crippen molar-refractivity contribution >= 4 is 27.5 Å². The molecule has 2 atom stereocenters. The number of benzene rings is 1. The number of carbonyl (C=O) groups is 1. The van der Waals surface area contributed by atoms with E-state index in [1.54, 1.807) is 0 Å². The molecule has 1 heterocycles. The Morgan fingerprint density at radius 2 is 2.11 bits per heavy atom. The molecule has 1 amide bonds. The summed E-state index contributed by atoms with van der Waals surface area (Å²) in [6.07, 6.45) is 1.76. The second-order valence-electron chi connectivity index (χ2n) is 5.09. The van der Waals surface area contributed by atoms with Gasteiger partial charge in [-0.25, -0.2) is 0 Å². The Bertz CT molecular complexity index is 450. The van der Waals surface area contributed by atoms with E-state index in [9.17, 15) is 4.79 Å². The maximum Gasteiger partial charge on any atom is 0.267 e. The number of alkyl halides is 1. The van der Waals surface area contributed by atoms with Crippen molar-refractivity contribution in [3.63, 3.8) is 0 Å². The van der Waals surface area contributed by atoms with Gasteiger partial charge in [-0.3, -0.25) is 4.79 Å². The van der Waals surface area contributed by atoms with Crippen molar-refractivity contribution in [2.75, 3.05) is 16.8 Å². The molecule has 0 bridgehead atoms. The molecule has 0 aromatic heterocycles. The van der Waals surface area contributed by atoms with Crippen LogP contribution in [0.15, 0.2) is 24.3 Å². The molecule has 0 N–H and O–H groups in total. The lowest BCUT2D eigenvalue weighted by molar-refractivity contribution is -0.125. The van der Waals surface area contributed by atoms with Crippen molar-refractivity contribution in [3.8, 4) is 5.75 Å². The number of carbonyl (C=O) groups excluding carboxylic acids is 1. The lowest BCUT2D eigenvalue weighted by atomic mass is 10.0. The number of anilines is 1. The highest BCUT2D eigenvalue weighted by atomic mass is 79.9. The highest BCUT2D eigenvalue weighted by Crippen LogP contribution is 2.34. The first-order valence-electron chi connectivity index (χ1n) is 6.76. The average Bonchev–Trinajstić information content (AvgIpc) is 2.39. The highest BCUT2D eigenvalue weighted by molar-refractivity contribution is 9.09. The van der Waals surface area contributed by atoms with Gasteiger partial charge in [-0.1, -0.05) is 35.0 Å². The third-order valence-corrected chi connectivity index (χ3v) is 3.98. The molecule has 0 saturated heterocycles. The van der Waals surface area contributed by atoms with Crippen LogP contribution in [0.3, 0.4) is 0 Å². The topological polar surface area (TPSA) is 29.5 Å². The van der Waals surface area contributed by atoms with Gasteiger partial charge in [-0.05, 0) is 37.8 Å². The normalized spacial score (nSPS) is 19.8. The second-order valence-corrected chi connectivity index (χ2v) is 5.88. The van der Waals surface area contributed by atoms with Crippen molar-refractivity contribution < 1.29 is 9.53 Å². The van der Waals surface area contributed by atoms with Gasteiger partial charge in [0.25, 0.3) is 5.91 Å². The summed E-state index contributed by atoms with van der Waals surface area (Å²) >= 11 is 3.46. The molecule has 4 heteroatoms. The number of para-hydroxylation sites is 2. The molecule has 2 rings (SSSR count).